The minimum atomic E-state index is -1.11. The lowest BCUT2D eigenvalue weighted by Crippen LogP contribution is -2.27. The molecule has 14 heavy (non-hydrogen) atoms. The van der Waals surface area contributed by atoms with E-state index < -0.39 is 10.8 Å². The first-order chi connectivity index (χ1) is 6.59. The molecule has 0 aliphatic carbocycles. The molecule has 1 aliphatic heterocycles. The fourth-order valence-electron chi connectivity index (χ4n) is 1.78. The maximum absolute atomic E-state index is 12.9. The first-order valence-corrected chi connectivity index (χ1v) is 5.76. The van der Waals surface area contributed by atoms with E-state index in [1.807, 2.05) is 6.92 Å². The molecule has 2 nitrogen and oxygen atoms in total. The van der Waals surface area contributed by atoms with E-state index >= 15 is 0 Å². The summed E-state index contributed by atoms with van der Waals surface area (Å²) in [7, 11) is -1.11. The van der Waals surface area contributed by atoms with Gasteiger partial charge in [-0.05, 0) is 24.1 Å². The quantitative estimate of drug-likeness (QED) is 0.713. The Morgan fingerprint density at radius 1 is 1.57 bits per heavy atom. The summed E-state index contributed by atoms with van der Waals surface area (Å²) < 4.78 is 24.8. The van der Waals surface area contributed by atoms with Gasteiger partial charge in [-0.25, -0.2) is 4.39 Å². The monoisotopic (exact) mass is 213 g/mol. The van der Waals surface area contributed by atoms with E-state index in [1.165, 1.54) is 12.1 Å². The van der Waals surface area contributed by atoms with Crippen LogP contribution in [0, 0.1) is 5.82 Å². The predicted octanol–water partition coefficient (Wildman–Crippen LogP) is 1.73. The molecule has 1 aromatic carbocycles. The molecule has 2 N–H and O–H groups in total. The molecule has 4 heteroatoms. The second-order valence-corrected chi connectivity index (χ2v) is 5.47. The highest BCUT2D eigenvalue weighted by Crippen LogP contribution is 2.32. The molecule has 0 bridgehead atoms. The molecule has 1 aliphatic rings. The van der Waals surface area contributed by atoms with Crippen molar-refractivity contribution in [2.75, 3.05) is 0 Å². The average Bonchev–Trinajstić information content (AvgIpc) is 2.14. The van der Waals surface area contributed by atoms with Gasteiger partial charge in [-0.2, -0.15) is 0 Å². The number of rotatable bonds is 0. The predicted molar refractivity (Wildman–Crippen MR) is 53.8 cm³/mol. The smallest absolute Gasteiger partial charge is 0.124 e. The summed E-state index contributed by atoms with van der Waals surface area (Å²) in [5.74, 6) is -0.349. The van der Waals surface area contributed by atoms with Crippen molar-refractivity contribution in [2.24, 2.45) is 5.73 Å². The second-order valence-electron chi connectivity index (χ2n) is 3.63. The second kappa shape index (κ2) is 3.44. The van der Waals surface area contributed by atoms with Gasteiger partial charge in [0.15, 0.2) is 0 Å². The van der Waals surface area contributed by atoms with Gasteiger partial charge in [0.25, 0.3) is 0 Å². The van der Waals surface area contributed by atoms with Crippen LogP contribution in [0.15, 0.2) is 23.1 Å². The van der Waals surface area contributed by atoms with Crippen molar-refractivity contribution in [1.29, 1.82) is 0 Å². The number of halogens is 1. The summed E-state index contributed by atoms with van der Waals surface area (Å²) in [6.07, 6.45) is 0.700. The van der Waals surface area contributed by atoms with Gasteiger partial charge in [0, 0.05) is 16.2 Å². The molecule has 1 aromatic rings. The van der Waals surface area contributed by atoms with Crippen molar-refractivity contribution >= 4 is 10.8 Å². The van der Waals surface area contributed by atoms with E-state index in [0.29, 0.717) is 11.3 Å². The maximum Gasteiger partial charge on any atom is 0.124 e. The minimum absolute atomic E-state index is 0.0132. The molecule has 0 radical (unpaired) electrons. The first-order valence-electron chi connectivity index (χ1n) is 4.55. The number of fused-ring (bicyclic) bond motifs is 1. The van der Waals surface area contributed by atoms with Crippen LogP contribution in [0.4, 0.5) is 4.39 Å². The molecule has 0 aromatic heterocycles. The Kier molecular flexibility index (Phi) is 2.41. The Balaban J connectivity index is 2.56. The fraction of sp³-hybridized carbons (Fsp3) is 0.400. The first kappa shape index (κ1) is 9.80. The number of benzene rings is 1. The normalized spacial score (nSPS) is 31.2. The van der Waals surface area contributed by atoms with Crippen molar-refractivity contribution in [3.05, 3.63) is 29.6 Å². The van der Waals surface area contributed by atoms with E-state index in [0.717, 1.165) is 5.56 Å². The van der Waals surface area contributed by atoms with Crippen LogP contribution >= 0.6 is 0 Å². The Morgan fingerprint density at radius 3 is 3.00 bits per heavy atom. The van der Waals surface area contributed by atoms with Crippen LogP contribution in [-0.2, 0) is 10.8 Å². The number of nitrogens with two attached hydrogens (primary N) is 1. The Labute approximate surface area is 84.8 Å². The highest BCUT2D eigenvalue weighted by Gasteiger charge is 2.28. The largest absolute Gasteiger partial charge is 0.324 e. The molecule has 3 unspecified atom stereocenters. The molecule has 1 heterocycles. The lowest BCUT2D eigenvalue weighted by atomic mass is 10.0. The van der Waals surface area contributed by atoms with Gasteiger partial charge in [-0.1, -0.05) is 13.0 Å². The van der Waals surface area contributed by atoms with Crippen LogP contribution in [0.3, 0.4) is 0 Å². The molecule has 3 atom stereocenters. The van der Waals surface area contributed by atoms with Crippen LogP contribution in [0.5, 0.6) is 0 Å². The topological polar surface area (TPSA) is 43.1 Å². The van der Waals surface area contributed by atoms with Gasteiger partial charge < -0.3 is 5.73 Å². The van der Waals surface area contributed by atoms with Crippen molar-refractivity contribution < 1.29 is 8.60 Å². The Hall–Kier alpha value is -0.740. The average molecular weight is 213 g/mol. The molecular weight excluding hydrogens is 201 g/mol. The van der Waals surface area contributed by atoms with Crippen molar-refractivity contribution in [1.82, 2.24) is 0 Å². The van der Waals surface area contributed by atoms with E-state index in [9.17, 15) is 8.60 Å². The highest BCUT2D eigenvalue weighted by molar-refractivity contribution is 7.85. The van der Waals surface area contributed by atoms with E-state index in [4.69, 9.17) is 5.73 Å². The van der Waals surface area contributed by atoms with Crippen molar-refractivity contribution in [3.8, 4) is 0 Å². The molecule has 76 valence electrons. The van der Waals surface area contributed by atoms with Gasteiger partial charge in [-0.15, -0.1) is 0 Å². The van der Waals surface area contributed by atoms with Crippen LogP contribution < -0.4 is 5.73 Å². The molecule has 0 saturated heterocycles. The molecule has 0 fully saturated rings. The lowest BCUT2D eigenvalue weighted by molar-refractivity contribution is 0.578. The Bertz CT molecular complexity index is 394. The third kappa shape index (κ3) is 1.48. The zero-order valence-electron chi connectivity index (χ0n) is 7.87. The third-order valence-corrected chi connectivity index (χ3v) is 4.25. The fourth-order valence-corrected chi connectivity index (χ4v) is 3.27. The van der Waals surface area contributed by atoms with Crippen LogP contribution in [0.25, 0.3) is 0 Å². The number of hydrogen-bond donors (Lipinski definition) is 1. The lowest BCUT2D eigenvalue weighted by Gasteiger charge is -2.26. The van der Waals surface area contributed by atoms with Gasteiger partial charge in [0.2, 0.25) is 0 Å². The minimum Gasteiger partial charge on any atom is -0.324 e. The zero-order valence-corrected chi connectivity index (χ0v) is 8.68. The summed E-state index contributed by atoms with van der Waals surface area (Å²) in [5, 5.41) is 0.0132. The molecule has 0 amide bonds. The summed E-state index contributed by atoms with van der Waals surface area (Å²) >= 11 is 0. The zero-order chi connectivity index (χ0) is 10.3. The molecule has 0 spiro atoms. The summed E-state index contributed by atoms with van der Waals surface area (Å²) in [4.78, 5) is 0.566. The molecule has 2 rings (SSSR count). The number of hydrogen-bond acceptors (Lipinski definition) is 2. The highest BCUT2D eigenvalue weighted by atomic mass is 32.2. The van der Waals surface area contributed by atoms with Crippen LogP contribution in [0.2, 0.25) is 0 Å². The summed E-state index contributed by atoms with van der Waals surface area (Å²) in [6.45, 7) is 1.88. The van der Waals surface area contributed by atoms with Crippen LogP contribution in [0.1, 0.15) is 24.9 Å². The molecular formula is C10H12FNOS. The Morgan fingerprint density at radius 2 is 2.29 bits per heavy atom. The maximum atomic E-state index is 12.9. The van der Waals surface area contributed by atoms with Crippen molar-refractivity contribution in [3.63, 3.8) is 0 Å². The third-order valence-electron chi connectivity index (χ3n) is 2.54. The van der Waals surface area contributed by atoms with E-state index in [-0.39, 0.29) is 17.1 Å². The van der Waals surface area contributed by atoms with Gasteiger partial charge >= 0.3 is 0 Å². The molecule has 0 saturated carbocycles. The standard InChI is InChI=1S/C10H12FNOS/c1-6-4-9(12)8-3-2-7(11)5-10(8)14(6)13/h2-3,5-6,9H,4,12H2,1H3. The van der Waals surface area contributed by atoms with Gasteiger partial charge in [-0.3, -0.25) is 4.21 Å². The van der Waals surface area contributed by atoms with Gasteiger partial charge in [0.1, 0.15) is 5.82 Å². The van der Waals surface area contributed by atoms with E-state index in [2.05, 4.69) is 0 Å². The summed E-state index contributed by atoms with van der Waals surface area (Å²) in [6, 6.07) is 4.23. The van der Waals surface area contributed by atoms with Crippen molar-refractivity contribution in [2.45, 2.75) is 29.5 Å². The van der Waals surface area contributed by atoms with Crippen LogP contribution in [-0.4, -0.2) is 9.46 Å². The SMILES string of the molecule is CC1CC(N)c2ccc(F)cc2S1=O. The summed E-state index contributed by atoms with van der Waals surface area (Å²) in [5.41, 5.74) is 6.71. The van der Waals surface area contributed by atoms with Gasteiger partial charge in [0.05, 0.1) is 10.8 Å². The van der Waals surface area contributed by atoms with E-state index in [1.54, 1.807) is 6.07 Å².